The smallest absolute Gasteiger partial charge is 0.342 e. The van der Waals surface area contributed by atoms with Crippen LogP contribution in [0.1, 0.15) is 23.7 Å². The van der Waals surface area contributed by atoms with E-state index in [1.165, 1.54) is 24.3 Å². The number of halogens is 1. The van der Waals surface area contributed by atoms with E-state index in [-0.39, 0.29) is 23.9 Å². The Labute approximate surface area is 161 Å². The molecule has 144 valence electrons. The molecule has 6 nitrogen and oxygen atoms in total. The van der Waals surface area contributed by atoms with Crippen LogP contribution in [0.2, 0.25) is 0 Å². The summed E-state index contributed by atoms with van der Waals surface area (Å²) >= 11 is 0. The summed E-state index contributed by atoms with van der Waals surface area (Å²) in [6.07, 6.45) is 2.33. The first-order valence-electron chi connectivity index (χ1n) is 8.93. The molecular formula is C21H20FN3O3. The predicted octanol–water partition coefficient (Wildman–Crippen LogP) is 3.36. The largest absolute Gasteiger partial charge is 0.452 e. The van der Waals surface area contributed by atoms with E-state index in [4.69, 9.17) is 4.74 Å². The van der Waals surface area contributed by atoms with Crippen molar-refractivity contribution in [2.24, 2.45) is 0 Å². The molecule has 7 heteroatoms. The number of hydrogen-bond acceptors (Lipinski definition) is 4. The van der Waals surface area contributed by atoms with Gasteiger partial charge in [0.15, 0.2) is 6.61 Å². The van der Waals surface area contributed by atoms with Gasteiger partial charge in [0.05, 0.1) is 5.69 Å². The van der Waals surface area contributed by atoms with E-state index in [2.05, 4.69) is 10.4 Å². The molecule has 0 radical (unpaired) electrons. The van der Waals surface area contributed by atoms with Crippen molar-refractivity contribution in [1.82, 2.24) is 15.1 Å². The number of nitrogens with one attached hydrogen (secondary N) is 1. The summed E-state index contributed by atoms with van der Waals surface area (Å²) in [5.41, 5.74) is 1.87. The molecule has 0 saturated carbocycles. The van der Waals surface area contributed by atoms with Crippen molar-refractivity contribution in [3.63, 3.8) is 0 Å². The number of benzene rings is 2. The monoisotopic (exact) mass is 381 g/mol. The van der Waals surface area contributed by atoms with Crippen LogP contribution in [0, 0.1) is 5.82 Å². The quantitative estimate of drug-likeness (QED) is 0.637. The molecule has 0 fully saturated rings. The Kier molecular flexibility index (Phi) is 6.16. The van der Waals surface area contributed by atoms with Crippen LogP contribution < -0.4 is 5.32 Å². The molecule has 1 heterocycles. The number of rotatable bonds is 7. The zero-order valence-corrected chi connectivity index (χ0v) is 15.4. The highest BCUT2D eigenvalue weighted by atomic mass is 19.1. The number of para-hydroxylation sites is 1. The number of amides is 1. The van der Waals surface area contributed by atoms with E-state index in [9.17, 15) is 14.0 Å². The molecule has 0 bridgehead atoms. The fraction of sp³-hybridized carbons (Fsp3) is 0.190. The molecule has 0 aliphatic carbocycles. The second kappa shape index (κ2) is 8.94. The zero-order chi connectivity index (χ0) is 19.9. The van der Waals surface area contributed by atoms with Gasteiger partial charge in [0.1, 0.15) is 17.1 Å². The lowest BCUT2D eigenvalue weighted by Gasteiger charge is -2.05. The van der Waals surface area contributed by atoms with E-state index in [1.54, 1.807) is 10.9 Å². The molecule has 0 aliphatic rings. The van der Waals surface area contributed by atoms with Gasteiger partial charge in [-0.3, -0.25) is 4.79 Å². The Morgan fingerprint density at radius 3 is 2.50 bits per heavy atom. The van der Waals surface area contributed by atoms with E-state index in [0.717, 1.165) is 12.1 Å². The average Bonchev–Trinajstić information content (AvgIpc) is 3.17. The Morgan fingerprint density at radius 2 is 1.82 bits per heavy atom. The van der Waals surface area contributed by atoms with Crippen LogP contribution in [0.5, 0.6) is 0 Å². The topological polar surface area (TPSA) is 73.2 Å². The lowest BCUT2D eigenvalue weighted by atomic mass is 10.1. The molecule has 3 rings (SSSR count). The maximum atomic E-state index is 13.3. The van der Waals surface area contributed by atoms with Gasteiger partial charge in [0, 0.05) is 18.3 Å². The lowest BCUT2D eigenvalue weighted by Crippen LogP contribution is -2.29. The second-order valence-electron chi connectivity index (χ2n) is 6.10. The summed E-state index contributed by atoms with van der Waals surface area (Å²) in [5.74, 6) is -1.43. The Bertz CT molecular complexity index is 953. The van der Waals surface area contributed by atoms with Gasteiger partial charge in [0.2, 0.25) is 0 Å². The van der Waals surface area contributed by atoms with Gasteiger partial charge < -0.3 is 10.1 Å². The highest BCUT2D eigenvalue weighted by molar-refractivity contribution is 5.97. The van der Waals surface area contributed by atoms with Crippen molar-refractivity contribution in [1.29, 1.82) is 0 Å². The number of carbonyl (C=O) groups excluding carboxylic acids is 2. The van der Waals surface area contributed by atoms with Crippen LogP contribution in [-0.4, -0.2) is 34.8 Å². The van der Waals surface area contributed by atoms with Gasteiger partial charge in [-0.2, -0.15) is 5.10 Å². The number of carbonyl (C=O) groups is 2. The van der Waals surface area contributed by atoms with E-state index in [0.29, 0.717) is 17.8 Å². The summed E-state index contributed by atoms with van der Waals surface area (Å²) < 4.78 is 20.0. The van der Waals surface area contributed by atoms with Crippen molar-refractivity contribution in [3.8, 4) is 16.9 Å². The molecule has 0 unspecified atom stereocenters. The molecule has 0 atom stereocenters. The fourth-order valence-corrected chi connectivity index (χ4v) is 2.58. The molecule has 1 N–H and O–H groups in total. The Hall–Kier alpha value is -3.48. The van der Waals surface area contributed by atoms with E-state index < -0.39 is 5.97 Å². The fourth-order valence-electron chi connectivity index (χ4n) is 2.58. The lowest BCUT2D eigenvalue weighted by molar-refractivity contribution is -0.124. The maximum Gasteiger partial charge on any atom is 0.342 e. The van der Waals surface area contributed by atoms with Crippen molar-refractivity contribution in [3.05, 3.63) is 72.2 Å². The number of aromatic nitrogens is 2. The van der Waals surface area contributed by atoms with E-state index in [1.807, 2.05) is 37.3 Å². The molecule has 0 aliphatic heterocycles. The average molecular weight is 381 g/mol. The van der Waals surface area contributed by atoms with Gasteiger partial charge >= 0.3 is 5.97 Å². The molecule has 1 aromatic heterocycles. The van der Waals surface area contributed by atoms with Gasteiger partial charge in [-0.1, -0.05) is 25.1 Å². The van der Waals surface area contributed by atoms with Crippen molar-refractivity contribution >= 4 is 11.9 Å². The van der Waals surface area contributed by atoms with Crippen LogP contribution in [-0.2, 0) is 9.53 Å². The van der Waals surface area contributed by atoms with Gasteiger partial charge in [0.25, 0.3) is 5.91 Å². The second-order valence-corrected chi connectivity index (χ2v) is 6.10. The molecular weight excluding hydrogens is 361 g/mol. The van der Waals surface area contributed by atoms with Crippen LogP contribution in [0.15, 0.2) is 60.8 Å². The summed E-state index contributed by atoms with van der Waals surface area (Å²) in [5, 5.41) is 7.12. The number of esters is 1. The summed E-state index contributed by atoms with van der Waals surface area (Å²) in [7, 11) is 0. The minimum Gasteiger partial charge on any atom is -0.452 e. The molecule has 0 saturated heterocycles. The third-order valence-electron chi connectivity index (χ3n) is 3.98. The first-order valence-corrected chi connectivity index (χ1v) is 8.93. The third-order valence-corrected chi connectivity index (χ3v) is 3.98. The molecule has 28 heavy (non-hydrogen) atoms. The van der Waals surface area contributed by atoms with E-state index >= 15 is 0 Å². The van der Waals surface area contributed by atoms with Crippen molar-refractivity contribution in [2.45, 2.75) is 13.3 Å². The van der Waals surface area contributed by atoms with Crippen LogP contribution in [0.3, 0.4) is 0 Å². The Morgan fingerprint density at radius 1 is 1.11 bits per heavy atom. The van der Waals surface area contributed by atoms with Crippen LogP contribution >= 0.6 is 0 Å². The molecule has 2 aromatic carbocycles. The Balaban J connectivity index is 1.89. The summed E-state index contributed by atoms with van der Waals surface area (Å²) in [6, 6.07) is 14.9. The standard InChI is InChI=1S/C21H20FN3O3/c1-2-12-23-19(26)14-28-21(27)18-13-25(17-6-4-3-5-7-17)24-20(18)15-8-10-16(22)11-9-15/h3-11,13H,2,12,14H2,1H3,(H,23,26). The SMILES string of the molecule is CCCNC(=O)COC(=O)c1cn(-c2ccccc2)nc1-c1ccc(F)cc1. The van der Waals surface area contributed by atoms with Crippen molar-refractivity contribution < 1.29 is 18.7 Å². The number of ether oxygens (including phenoxy) is 1. The van der Waals surface area contributed by atoms with Crippen molar-refractivity contribution in [2.75, 3.05) is 13.2 Å². The minimum atomic E-state index is -0.673. The maximum absolute atomic E-state index is 13.3. The first-order chi connectivity index (χ1) is 13.6. The number of hydrogen-bond donors (Lipinski definition) is 1. The molecule has 1 amide bonds. The summed E-state index contributed by atoms with van der Waals surface area (Å²) in [4.78, 5) is 24.3. The van der Waals surface area contributed by atoms with Gasteiger partial charge in [-0.25, -0.2) is 13.9 Å². The minimum absolute atomic E-state index is 0.193. The van der Waals surface area contributed by atoms with Gasteiger partial charge in [-0.15, -0.1) is 0 Å². The number of nitrogens with zero attached hydrogens (tertiary/aromatic N) is 2. The highest BCUT2D eigenvalue weighted by Gasteiger charge is 2.21. The summed E-state index contributed by atoms with van der Waals surface area (Å²) in [6.45, 7) is 2.07. The normalized spacial score (nSPS) is 10.5. The third kappa shape index (κ3) is 4.62. The predicted molar refractivity (Wildman–Crippen MR) is 103 cm³/mol. The zero-order valence-electron chi connectivity index (χ0n) is 15.4. The first kappa shape index (κ1) is 19.3. The molecule has 0 spiro atoms. The van der Waals surface area contributed by atoms with Crippen LogP contribution in [0.25, 0.3) is 16.9 Å². The van der Waals surface area contributed by atoms with Gasteiger partial charge in [-0.05, 0) is 42.8 Å². The van der Waals surface area contributed by atoms with Crippen LogP contribution in [0.4, 0.5) is 4.39 Å². The highest BCUT2D eigenvalue weighted by Crippen LogP contribution is 2.24. The molecule has 3 aromatic rings.